The fourth-order valence-corrected chi connectivity index (χ4v) is 18.1. The third-order valence-corrected chi connectivity index (χ3v) is 24.9. The number of nitrogens with zero attached hydrogens (tertiary/aromatic N) is 4. The summed E-state index contributed by atoms with van der Waals surface area (Å²) in [5, 5.41) is 44.6. The zero-order valence-corrected chi connectivity index (χ0v) is 93.2. The SMILES string of the molecule is COc1cc(C=Nc2ccccc2)c(O)c(C2CCCCCCCCCCC2)c1.Cc1cc(C=Nc2ccccc2)c(O)c(C2CCCCCCCCCCC2)c1.Cc1cc(C=Nc2ccccc2)c(O)c(C2CCCCCCCCCCC2)c1.Oc1c(C=Nc2ccccc2)cc(-c2ccccc2)cc1C1CCCCCCCCCCC1.[Cl][Zr][Cl].[Cl][Zr][Cl].[Cl][Zr][Cl].[Cl][Zr][Cl]. The van der Waals surface area contributed by atoms with Gasteiger partial charge < -0.3 is 25.2 Å². The summed E-state index contributed by atoms with van der Waals surface area (Å²) in [5.41, 5.74) is 15.9. The van der Waals surface area contributed by atoms with Gasteiger partial charge in [-0.3, -0.25) is 20.0 Å². The van der Waals surface area contributed by atoms with Gasteiger partial charge in [-0.2, -0.15) is 0 Å². The molecule has 0 radical (unpaired) electrons. The Morgan fingerprint density at radius 1 is 0.246 bits per heavy atom. The Morgan fingerprint density at radius 2 is 0.438 bits per heavy atom. The molecule has 9 aromatic carbocycles. The molecular weight excluding hydrogens is 2090 g/mol. The van der Waals surface area contributed by atoms with Gasteiger partial charge in [0.2, 0.25) is 0 Å². The van der Waals surface area contributed by atoms with E-state index in [0.717, 1.165) is 104 Å². The topological polar surface area (TPSA) is 140 Å². The third-order valence-electron chi connectivity index (χ3n) is 24.9. The van der Waals surface area contributed by atoms with Crippen molar-refractivity contribution in [2.45, 2.75) is 320 Å². The van der Waals surface area contributed by atoms with Crippen LogP contribution in [0.3, 0.4) is 0 Å². The molecule has 0 unspecified atom stereocenters. The maximum atomic E-state index is 11.4. The molecule has 0 spiro atoms. The van der Waals surface area contributed by atoms with Crippen molar-refractivity contribution in [1.29, 1.82) is 0 Å². The number of hydrogen-bond donors (Lipinski definition) is 4. The predicted octanol–water partition coefficient (Wildman–Crippen LogP) is 37.9. The third kappa shape index (κ3) is 48.2. The molecular formula is C109H142Cl8N4O5Zr4. The molecule has 4 saturated carbocycles. The first-order chi connectivity index (χ1) is 63.7. The van der Waals surface area contributed by atoms with Crippen molar-refractivity contribution in [2.75, 3.05) is 7.11 Å². The monoisotopic (exact) mass is 2230 g/mol. The Bertz CT molecular complexity index is 4360. The van der Waals surface area contributed by atoms with E-state index < -0.39 is 83.4 Å². The Morgan fingerprint density at radius 3 is 0.669 bits per heavy atom. The van der Waals surface area contributed by atoms with Gasteiger partial charge in [0.1, 0.15) is 28.7 Å². The van der Waals surface area contributed by atoms with E-state index in [9.17, 15) is 20.4 Å². The second-order valence-electron chi connectivity index (χ2n) is 34.6. The molecule has 0 atom stereocenters. The molecule has 9 aromatic rings. The second kappa shape index (κ2) is 74.6. The molecule has 13 rings (SSSR count). The zero-order valence-electron chi connectivity index (χ0n) is 77.3. The number of methoxy groups -OCH3 is 1. The molecule has 9 nitrogen and oxygen atoms in total. The van der Waals surface area contributed by atoms with Crippen LogP contribution in [0.25, 0.3) is 11.1 Å². The Hall–Kier alpha value is -3.49. The molecule has 0 amide bonds. The Kier molecular flexibility index (Phi) is 66.1. The molecule has 4 aliphatic rings. The fourth-order valence-electron chi connectivity index (χ4n) is 18.1. The standard InChI is InChI=1S/C31H37NO.C26H35NO2.2C26H35NO.8ClH.4Zr/c33-31-28(24-32-29-20-14-9-15-21-29)22-27(25-16-12-8-13-17-25)23-30(31)26-18-10-6-4-2-1-3-5-7-11-19-26;1-29-24-18-22(20-27-23-16-12-9-13-17-23)26(28)25(19-24)21-14-10-7-5-3-2-4-6-8-11-15-21;2*1-21-18-23(20-27-24-16-12-9-13-17-24)26(28)25(19-21)22-14-10-7-5-3-2-4-6-8-11-15-22;;;;;;;;;;;;/h8-9,12-17,20-24,26,33H,1-7,10-11,18-19H2;9,12-13,16-21,28H,2-8,10-11,14-15H2,1H3;2*9,12-13,16-20,22,28H,2-8,10-11,14-15H2,1H3;8*1H;;;;/q;;;;;;;;;;;;4*+2/p-8. The van der Waals surface area contributed by atoms with Gasteiger partial charge in [-0.1, -0.05) is 346 Å². The minimum absolute atomic E-state index is 0.363. The summed E-state index contributed by atoms with van der Waals surface area (Å²) in [4.78, 5) is 18.3. The van der Waals surface area contributed by atoms with E-state index >= 15 is 0 Å². The van der Waals surface area contributed by atoms with E-state index in [1.165, 1.54) is 274 Å². The molecule has 700 valence electrons. The van der Waals surface area contributed by atoms with Crippen LogP contribution in [0.15, 0.2) is 220 Å². The fraction of sp³-hybridized carbons (Fsp3) is 0.468. The Balaban J connectivity index is 0.000000256. The van der Waals surface area contributed by atoms with Crippen LogP contribution in [0.2, 0.25) is 0 Å². The molecule has 0 bridgehead atoms. The molecule has 4 N–H and O–H groups in total. The minimum atomic E-state index is -0.826. The number of halogens is 8. The molecule has 4 fully saturated rings. The summed E-state index contributed by atoms with van der Waals surface area (Å²) in [7, 11) is 41.2. The van der Waals surface area contributed by atoms with Crippen LogP contribution in [0, 0.1) is 13.8 Å². The molecule has 21 heteroatoms. The molecule has 4 aliphatic carbocycles. The average molecular weight is 2240 g/mol. The second-order valence-corrected chi connectivity index (χ2v) is 49.5. The number of ether oxygens (including phenoxy) is 1. The molecule has 0 saturated heterocycles. The Labute approximate surface area is 856 Å². The van der Waals surface area contributed by atoms with Crippen LogP contribution in [-0.4, -0.2) is 52.4 Å². The normalized spacial score (nSPS) is 16.3. The number of hydrogen-bond acceptors (Lipinski definition) is 9. The van der Waals surface area contributed by atoms with Crippen molar-refractivity contribution in [2.24, 2.45) is 20.0 Å². The summed E-state index contributed by atoms with van der Waals surface area (Å²) >= 11 is -3.30. The zero-order chi connectivity index (χ0) is 93.1. The van der Waals surface area contributed by atoms with Gasteiger partial charge in [-0.05, 0) is 213 Å². The number of phenolic OH excluding ortho intramolecular Hbond substituents is 4. The van der Waals surface area contributed by atoms with Crippen LogP contribution in [0.5, 0.6) is 28.7 Å². The van der Waals surface area contributed by atoms with Gasteiger partial charge in [-0.25, -0.2) is 0 Å². The van der Waals surface area contributed by atoms with Crippen molar-refractivity contribution in [3.8, 4) is 39.9 Å². The number of para-hydroxylation sites is 4. The number of aryl methyl sites for hydroxylation is 2. The van der Waals surface area contributed by atoms with Crippen LogP contribution in [0.4, 0.5) is 22.7 Å². The van der Waals surface area contributed by atoms with Crippen LogP contribution >= 0.6 is 68.1 Å². The van der Waals surface area contributed by atoms with Crippen molar-refractivity contribution in [3.05, 3.63) is 256 Å². The quantitative estimate of drug-likeness (QED) is 0.0803. The van der Waals surface area contributed by atoms with Crippen molar-refractivity contribution in [3.63, 3.8) is 0 Å². The summed E-state index contributed by atoms with van der Waals surface area (Å²) in [5.74, 6) is 4.13. The molecule has 0 aromatic heterocycles. The van der Waals surface area contributed by atoms with Crippen molar-refractivity contribution in [1.82, 2.24) is 0 Å². The number of benzene rings is 9. The van der Waals surface area contributed by atoms with Crippen LogP contribution in [-0.2, 0) is 83.4 Å². The van der Waals surface area contributed by atoms with Gasteiger partial charge in [0.25, 0.3) is 0 Å². The van der Waals surface area contributed by atoms with E-state index in [2.05, 4.69) is 88.4 Å². The van der Waals surface area contributed by atoms with Crippen LogP contribution < -0.4 is 4.74 Å². The van der Waals surface area contributed by atoms with Gasteiger partial charge in [-0.15, -0.1) is 0 Å². The first kappa shape index (κ1) is 115. The first-order valence-corrected chi connectivity index (χ1v) is 73.3. The van der Waals surface area contributed by atoms with E-state index in [1.54, 1.807) is 13.3 Å². The van der Waals surface area contributed by atoms with E-state index in [0.29, 0.717) is 46.7 Å². The van der Waals surface area contributed by atoms with Crippen molar-refractivity contribution < 1.29 is 109 Å². The van der Waals surface area contributed by atoms with Crippen molar-refractivity contribution >= 4 is 116 Å². The molecule has 0 heterocycles. The van der Waals surface area contributed by atoms with Gasteiger partial charge in [0.05, 0.1) is 29.9 Å². The summed E-state index contributed by atoms with van der Waals surface area (Å²) < 4.78 is 5.56. The summed E-state index contributed by atoms with van der Waals surface area (Å²) in [6, 6.07) is 66.8. The van der Waals surface area contributed by atoms with Gasteiger partial charge in [0.15, 0.2) is 0 Å². The summed E-state index contributed by atoms with van der Waals surface area (Å²) in [6.07, 6.45) is 64.5. The van der Waals surface area contributed by atoms with E-state index in [-0.39, 0.29) is 0 Å². The van der Waals surface area contributed by atoms with E-state index in [4.69, 9.17) is 72.8 Å². The number of rotatable bonds is 14. The summed E-state index contributed by atoms with van der Waals surface area (Å²) in [6.45, 7) is 4.25. The van der Waals surface area contributed by atoms with E-state index in [1.807, 2.05) is 164 Å². The molecule has 0 aliphatic heterocycles. The van der Waals surface area contributed by atoms with Gasteiger partial charge >= 0.3 is 151 Å². The number of aromatic hydroxyl groups is 4. The van der Waals surface area contributed by atoms with Crippen LogP contribution in [0.1, 0.15) is 362 Å². The van der Waals surface area contributed by atoms with Gasteiger partial charge in [0, 0.05) is 52.7 Å². The predicted molar refractivity (Wildman–Crippen MR) is 550 cm³/mol. The molecule has 130 heavy (non-hydrogen) atoms. The number of phenols is 4. The first-order valence-electron chi connectivity index (χ1n) is 47.9. The average Bonchev–Trinajstić information content (AvgIpc) is 0.922. The maximum absolute atomic E-state index is 11.4. The number of aliphatic imine (C=N–C) groups is 4.